The summed E-state index contributed by atoms with van der Waals surface area (Å²) >= 11 is 11.8. The van der Waals surface area contributed by atoms with Gasteiger partial charge in [-0.1, -0.05) is 29.3 Å². The second-order valence-corrected chi connectivity index (χ2v) is 4.53. The number of methoxy groups -OCH3 is 1. The Morgan fingerprint density at radius 1 is 1.47 bits per heavy atom. The highest BCUT2D eigenvalue weighted by atomic mass is 35.5. The zero-order valence-corrected chi connectivity index (χ0v) is 11.3. The molecule has 1 rings (SSSR count). The maximum atomic E-state index is 11.1. The first-order valence-corrected chi connectivity index (χ1v) is 6.05. The largest absolute Gasteiger partial charge is 0.468 e. The summed E-state index contributed by atoms with van der Waals surface area (Å²) in [6.07, 6.45) is 0.733. The summed E-state index contributed by atoms with van der Waals surface area (Å²) in [6.45, 7) is 2.41. The van der Waals surface area contributed by atoms with Crippen molar-refractivity contribution in [3.05, 3.63) is 33.8 Å². The van der Waals surface area contributed by atoms with Crippen LogP contribution in [0, 0.1) is 0 Å². The Morgan fingerprint density at radius 2 is 2.18 bits per heavy atom. The lowest BCUT2D eigenvalue weighted by Crippen LogP contribution is -2.36. The van der Waals surface area contributed by atoms with Crippen LogP contribution in [-0.4, -0.2) is 25.7 Å². The molecule has 94 valence electrons. The normalized spacial score (nSPS) is 12.2. The number of hydrogen-bond acceptors (Lipinski definition) is 3. The fourth-order valence-electron chi connectivity index (χ4n) is 1.41. The van der Waals surface area contributed by atoms with Crippen LogP contribution in [-0.2, 0) is 16.0 Å². The van der Waals surface area contributed by atoms with E-state index in [0.717, 1.165) is 12.0 Å². The number of esters is 1. The quantitative estimate of drug-likeness (QED) is 0.840. The topological polar surface area (TPSA) is 38.3 Å². The van der Waals surface area contributed by atoms with E-state index in [1.165, 1.54) is 7.11 Å². The Morgan fingerprint density at radius 3 is 2.76 bits per heavy atom. The van der Waals surface area contributed by atoms with E-state index in [0.29, 0.717) is 16.6 Å². The van der Waals surface area contributed by atoms with Crippen molar-refractivity contribution in [1.82, 2.24) is 5.32 Å². The van der Waals surface area contributed by atoms with Gasteiger partial charge >= 0.3 is 5.97 Å². The lowest BCUT2D eigenvalue weighted by molar-refractivity contribution is -0.142. The molecule has 0 saturated carbocycles. The SMILES string of the molecule is COC(=O)C(C)NCCc1ccc(Cl)cc1Cl. The van der Waals surface area contributed by atoms with Crippen molar-refractivity contribution in [3.63, 3.8) is 0 Å². The van der Waals surface area contributed by atoms with Gasteiger partial charge in [-0.25, -0.2) is 0 Å². The molecule has 0 amide bonds. The molecule has 1 aromatic carbocycles. The summed E-state index contributed by atoms with van der Waals surface area (Å²) in [5, 5.41) is 4.32. The summed E-state index contributed by atoms with van der Waals surface area (Å²) in [5.74, 6) is -0.271. The van der Waals surface area contributed by atoms with Crippen LogP contribution in [0.5, 0.6) is 0 Å². The third-order valence-corrected chi connectivity index (χ3v) is 3.00. The van der Waals surface area contributed by atoms with Crippen molar-refractivity contribution in [2.24, 2.45) is 0 Å². The average molecular weight is 276 g/mol. The third kappa shape index (κ3) is 4.54. The van der Waals surface area contributed by atoms with E-state index in [1.54, 1.807) is 19.1 Å². The number of ether oxygens (including phenoxy) is 1. The molecule has 0 heterocycles. The van der Waals surface area contributed by atoms with E-state index in [4.69, 9.17) is 23.2 Å². The van der Waals surface area contributed by atoms with Gasteiger partial charge in [0.1, 0.15) is 6.04 Å². The zero-order valence-electron chi connectivity index (χ0n) is 9.80. The van der Waals surface area contributed by atoms with Crippen LogP contribution in [0.25, 0.3) is 0 Å². The molecule has 0 aromatic heterocycles. The van der Waals surface area contributed by atoms with Gasteiger partial charge in [-0.15, -0.1) is 0 Å². The van der Waals surface area contributed by atoms with E-state index >= 15 is 0 Å². The van der Waals surface area contributed by atoms with Crippen LogP contribution in [0.1, 0.15) is 12.5 Å². The van der Waals surface area contributed by atoms with Gasteiger partial charge in [0.25, 0.3) is 0 Å². The summed E-state index contributed by atoms with van der Waals surface area (Å²) in [6, 6.07) is 5.08. The van der Waals surface area contributed by atoms with Gasteiger partial charge in [-0.05, 0) is 31.0 Å². The van der Waals surface area contributed by atoms with Crippen molar-refractivity contribution < 1.29 is 9.53 Å². The first kappa shape index (κ1) is 14.3. The molecule has 0 aliphatic heterocycles. The first-order chi connectivity index (χ1) is 8.04. The summed E-state index contributed by atoms with van der Waals surface area (Å²) < 4.78 is 4.61. The minimum absolute atomic E-state index is 0.271. The van der Waals surface area contributed by atoms with Gasteiger partial charge in [-0.3, -0.25) is 4.79 Å². The molecule has 5 heteroatoms. The average Bonchev–Trinajstić information content (AvgIpc) is 2.30. The molecule has 17 heavy (non-hydrogen) atoms. The minimum Gasteiger partial charge on any atom is -0.468 e. The van der Waals surface area contributed by atoms with Crippen molar-refractivity contribution in [2.75, 3.05) is 13.7 Å². The van der Waals surface area contributed by atoms with Crippen molar-refractivity contribution in [1.29, 1.82) is 0 Å². The second-order valence-electron chi connectivity index (χ2n) is 3.68. The highest BCUT2D eigenvalue weighted by molar-refractivity contribution is 6.35. The number of benzene rings is 1. The molecule has 1 N–H and O–H groups in total. The maximum Gasteiger partial charge on any atom is 0.322 e. The monoisotopic (exact) mass is 275 g/mol. The van der Waals surface area contributed by atoms with Gasteiger partial charge in [0.15, 0.2) is 0 Å². The van der Waals surface area contributed by atoms with Crippen LogP contribution in [0.2, 0.25) is 10.0 Å². The van der Waals surface area contributed by atoms with Gasteiger partial charge in [0, 0.05) is 16.6 Å². The molecule has 0 bridgehead atoms. The Hall–Kier alpha value is -0.770. The number of nitrogens with one attached hydrogen (secondary N) is 1. The maximum absolute atomic E-state index is 11.1. The molecule has 1 unspecified atom stereocenters. The summed E-state index contributed by atoms with van der Waals surface area (Å²) in [5.41, 5.74) is 1.00. The predicted octanol–water partition coefficient (Wildman–Crippen LogP) is 2.69. The van der Waals surface area contributed by atoms with Gasteiger partial charge in [0.05, 0.1) is 7.11 Å². The van der Waals surface area contributed by atoms with E-state index in [1.807, 2.05) is 6.07 Å². The standard InChI is InChI=1S/C12H15Cl2NO2/c1-8(12(16)17-2)15-6-5-9-3-4-10(13)7-11(9)14/h3-4,7-8,15H,5-6H2,1-2H3. The molecule has 3 nitrogen and oxygen atoms in total. The Kier molecular flexibility index (Phi) is 5.75. The van der Waals surface area contributed by atoms with Crippen molar-refractivity contribution >= 4 is 29.2 Å². The van der Waals surface area contributed by atoms with Gasteiger partial charge < -0.3 is 10.1 Å². The predicted molar refractivity (Wildman–Crippen MR) is 69.6 cm³/mol. The molecule has 0 aliphatic rings. The molecule has 0 saturated heterocycles. The van der Waals surface area contributed by atoms with E-state index in [2.05, 4.69) is 10.1 Å². The summed E-state index contributed by atoms with van der Waals surface area (Å²) in [7, 11) is 1.37. The molecule has 1 aromatic rings. The molecule has 0 spiro atoms. The zero-order chi connectivity index (χ0) is 12.8. The minimum atomic E-state index is -0.314. The van der Waals surface area contributed by atoms with Gasteiger partial charge in [-0.2, -0.15) is 0 Å². The third-order valence-electron chi connectivity index (χ3n) is 2.41. The smallest absolute Gasteiger partial charge is 0.322 e. The number of carbonyl (C=O) groups is 1. The fraction of sp³-hybridized carbons (Fsp3) is 0.417. The van der Waals surface area contributed by atoms with E-state index in [-0.39, 0.29) is 12.0 Å². The van der Waals surface area contributed by atoms with E-state index in [9.17, 15) is 4.79 Å². The first-order valence-electron chi connectivity index (χ1n) is 5.29. The molecule has 0 radical (unpaired) electrons. The highest BCUT2D eigenvalue weighted by Gasteiger charge is 2.11. The second kappa shape index (κ2) is 6.84. The Bertz CT molecular complexity index is 396. The van der Waals surface area contributed by atoms with Gasteiger partial charge in [0.2, 0.25) is 0 Å². The Labute approximate surface area is 111 Å². The molecule has 1 atom stereocenters. The molecular weight excluding hydrogens is 261 g/mol. The number of rotatable bonds is 5. The van der Waals surface area contributed by atoms with Crippen LogP contribution in [0.4, 0.5) is 0 Å². The van der Waals surface area contributed by atoms with Crippen LogP contribution in [0.15, 0.2) is 18.2 Å². The van der Waals surface area contributed by atoms with E-state index < -0.39 is 0 Å². The number of carbonyl (C=O) groups excluding carboxylic acids is 1. The summed E-state index contributed by atoms with van der Waals surface area (Å²) in [4.78, 5) is 11.1. The highest BCUT2D eigenvalue weighted by Crippen LogP contribution is 2.21. The lowest BCUT2D eigenvalue weighted by Gasteiger charge is -2.11. The van der Waals surface area contributed by atoms with Crippen LogP contribution >= 0.6 is 23.2 Å². The lowest BCUT2D eigenvalue weighted by atomic mass is 10.1. The Balaban J connectivity index is 2.43. The molecule has 0 aliphatic carbocycles. The molecule has 0 fully saturated rings. The number of halogens is 2. The van der Waals surface area contributed by atoms with Crippen LogP contribution in [0.3, 0.4) is 0 Å². The van der Waals surface area contributed by atoms with Crippen LogP contribution < -0.4 is 5.32 Å². The van der Waals surface area contributed by atoms with Crippen molar-refractivity contribution in [3.8, 4) is 0 Å². The molecular formula is C12H15Cl2NO2. The number of hydrogen-bond donors (Lipinski definition) is 1. The fourth-order valence-corrected chi connectivity index (χ4v) is 1.91. The van der Waals surface area contributed by atoms with Crippen molar-refractivity contribution in [2.45, 2.75) is 19.4 Å².